The van der Waals surface area contributed by atoms with Gasteiger partial charge in [-0.1, -0.05) is 22.5 Å². The van der Waals surface area contributed by atoms with Crippen molar-refractivity contribution in [1.82, 2.24) is 10.2 Å². The molecule has 0 spiro atoms. The Labute approximate surface area is 85.8 Å². The molecule has 0 unspecified atom stereocenters. The number of hydrogen-bond acceptors (Lipinski definition) is 2. The van der Waals surface area contributed by atoms with Crippen molar-refractivity contribution in [2.75, 3.05) is 33.2 Å². The molecular formula is C5H14Cl3N2P. The second-order valence-corrected chi connectivity index (χ2v) is 3.98. The summed E-state index contributed by atoms with van der Waals surface area (Å²) in [6.07, 6.45) is 0. The van der Waals surface area contributed by atoms with Crippen molar-refractivity contribution in [3.8, 4) is 0 Å². The highest BCUT2D eigenvalue weighted by molar-refractivity contribution is 7.90. The summed E-state index contributed by atoms with van der Waals surface area (Å²) in [5.74, 6) is 0. The first kappa shape index (κ1) is 14.7. The minimum Gasteiger partial charge on any atom is -0.314 e. The minimum absolute atomic E-state index is 0. The third-order valence-electron chi connectivity index (χ3n) is 1.34. The quantitative estimate of drug-likeness (QED) is 0.650. The summed E-state index contributed by atoms with van der Waals surface area (Å²) in [4.78, 5) is 2.33. The molecule has 2 nitrogen and oxygen atoms in total. The Morgan fingerprint density at radius 1 is 1.27 bits per heavy atom. The van der Waals surface area contributed by atoms with Crippen LogP contribution >= 0.6 is 42.2 Å². The SMILES string of the molecule is CN1CCNCC1.Cl.ClPCl. The van der Waals surface area contributed by atoms with Gasteiger partial charge in [0.1, 0.15) is 0 Å². The van der Waals surface area contributed by atoms with Gasteiger partial charge in [-0.3, -0.25) is 0 Å². The lowest BCUT2D eigenvalue weighted by atomic mass is 10.4. The average Bonchev–Trinajstić information content (AvgIpc) is 1.91. The van der Waals surface area contributed by atoms with Gasteiger partial charge in [-0.15, -0.1) is 12.4 Å². The average molecular weight is 240 g/mol. The molecule has 0 atom stereocenters. The fraction of sp³-hybridized carbons (Fsp3) is 1.00. The van der Waals surface area contributed by atoms with Crippen molar-refractivity contribution in [3.63, 3.8) is 0 Å². The second-order valence-electron chi connectivity index (χ2n) is 2.12. The van der Waals surface area contributed by atoms with Gasteiger partial charge in [-0.2, -0.15) is 0 Å². The van der Waals surface area contributed by atoms with Crippen LogP contribution in [0.25, 0.3) is 0 Å². The van der Waals surface area contributed by atoms with Crippen molar-refractivity contribution < 1.29 is 0 Å². The molecule has 1 N–H and O–H groups in total. The van der Waals surface area contributed by atoms with Crippen molar-refractivity contribution in [3.05, 3.63) is 0 Å². The Morgan fingerprint density at radius 3 is 1.82 bits per heavy atom. The van der Waals surface area contributed by atoms with Crippen LogP contribution in [0.15, 0.2) is 0 Å². The van der Waals surface area contributed by atoms with Crippen LogP contribution in [0.4, 0.5) is 0 Å². The lowest BCUT2D eigenvalue weighted by Gasteiger charge is -2.21. The van der Waals surface area contributed by atoms with Gasteiger partial charge in [0.2, 0.25) is 0 Å². The lowest BCUT2D eigenvalue weighted by molar-refractivity contribution is 0.291. The summed E-state index contributed by atoms with van der Waals surface area (Å²) >= 11 is 9.58. The second kappa shape index (κ2) is 11.2. The largest absolute Gasteiger partial charge is 0.314 e. The van der Waals surface area contributed by atoms with Crippen molar-refractivity contribution in [2.45, 2.75) is 0 Å². The molecule has 1 heterocycles. The maximum absolute atomic E-state index is 4.79. The topological polar surface area (TPSA) is 15.3 Å². The summed E-state index contributed by atoms with van der Waals surface area (Å²) in [6, 6.07) is 0. The Balaban J connectivity index is 0. The van der Waals surface area contributed by atoms with E-state index in [1.165, 1.54) is 13.1 Å². The molecule has 0 radical (unpaired) electrons. The number of hydrogen-bond donors (Lipinski definition) is 1. The van der Waals surface area contributed by atoms with Gasteiger partial charge < -0.3 is 10.2 Å². The van der Waals surface area contributed by atoms with Crippen molar-refractivity contribution >= 4 is 42.2 Å². The molecule has 0 amide bonds. The van der Waals surface area contributed by atoms with Crippen LogP contribution in [0.5, 0.6) is 0 Å². The van der Waals surface area contributed by atoms with Gasteiger partial charge in [0, 0.05) is 26.2 Å². The Bertz CT molecular complexity index is 70.7. The highest BCUT2D eigenvalue weighted by Gasteiger charge is 2.01. The molecule has 1 saturated heterocycles. The molecular weight excluding hydrogens is 225 g/mol. The zero-order valence-corrected chi connectivity index (χ0v) is 9.77. The molecule has 11 heavy (non-hydrogen) atoms. The van der Waals surface area contributed by atoms with Crippen LogP contribution in [0.1, 0.15) is 0 Å². The molecule has 0 bridgehead atoms. The van der Waals surface area contributed by atoms with E-state index in [1.54, 1.807) is 0 Å². The first-order chi connectivity index (χ1) is 4.81. The van der Waals surface area contributed by atoms with Gasteiger partial charge in [0.15, 0.2) is 0 Å². The van der Waals surface area contributed by atoms with E-state index in [4.69, 9.17) is 22.5 Å². The van der Waals surface area contributed by atoms with E-state index < -0.39 is 0 Å². The minimum atomic E-state index is 0. The van der Waals surface area contributed by atoms with E-state index in [-0.39, 0.29) is 19.7 Å². The summed E-state index contributed by atoms with van der Waals surface area (Å²) < 4.78 is 0. The summed E-state index contributed by atoms with van der Waals surface area (Å²) in [5, 5.41) is 3.27. The number of rotatable bonds is 0. The molecule has 0 aliphatic carbocycles. The lowest BCUT2D eigenvalue weighted by Crippen LogP contribution is -2.40. The van der Waals surface area contributed by atoms with Gasteiger partial charge in [-0.25, -0.2) is 0 Å². The Hall–Kier alpha value is 1.22. The zero-order chi connectivity index (χ0) is 7.82. The monoisotopic (exact) mass is 238 g/mol. The normalized spacial score (nSPS) is 17.7. The number of nitrogens with one attached hydrogen (secondary N) is 1. The molecule has 1 fully saturated rings. The fourth-order valence-corrected chi connectivity index (χ4v) is 0.777. The van der Waals surface area contributed by atoms with Crippen LogP contribution < -0.4 is 5.32 Å². The standard InChI is InChI=1S/C5H12N2.Cl2HP.ClH/c1-7-4-2-6-3-5-7;1-3-2;/h6H,2-5H2,1H3;3H;1H. The third kappa shape index (κ3) is 11.2. The molecule has 1 aliphatic rings. The summed E-state index contributed by atoms with van der Waals surface area (Å²) in [5.41, 5.74) is 0. The molecule has 0 aromatic heterocycles. The smallest absolute Gasteiger partial charge is 0.0713 e. The van der Waals surface area contributed by atoms with Crippen molar-refractivity contribution in [2.24, 2.45) is 0 Å². The molecule has 0 aromatic carbocycles. The highest BCUT2D eigenvalue weighted by Crippen LogP contribution is 2.19. The van der Waals surface area contributed by atoms with E-state index in [0.717, 1.165) is 13.1 Å². The molecule has 1 rings (SSSR count). The highest BCUT2D eigenvalue weighted by atomic mass is 35.9. The van der Waals surface area contributed by atoms with Gasteiger partial charge in [0.25, 0.3) is 0 Å². The molecule has 70 valence electrons. The van der Waals surface area contributed by atoms with Gasteiger partial charge >= 0.3 is 0 Å². The number of likely N-dealkylation sites (N-methyl/N-ethyl adjacent to an activating group) is 1. The van der Waals surface area contributed by atoms with E-state index in [2.05, 4.69) is 17.3 Å². The molecule has 6 heteroatoms. The van der Waals surface area contributed by atoms with E-state index in [9.17, 15) is 0 Å². The number of piperazine rings is 1. The zero-order valence-electron chi connectivity index (χ0n) is 6.44. The molecule has 0 aromatic rings. The molecule has 0 saturated carbocycles. The first-order valence-electron chi connectivity index (χ1n) is 3.16. The van der Waals surface area contributed by atoms with Gasteiger partial charge in [-0.05, 0) is 7.05 Å². The maximum atomic E-state index is 4.79. The van der Waals surface area contributed by atoms with E-state index in [0.29, 0.717) is 0 Å². The fourth-order valence-electron chi connectivity index (χ4n) is 0.777. The Kier molecular flexibility index (Phi) is 15.0. The number of halogens is 3. The predicted octanol–water partition coefficient (Wildman–Crippen LogP) is 1.92. The predicted molar refractivity (Wildman–Crippen MR) is 57.6 cm³/mol. The van der Waals surface area contributed by atoms with E-state index in [1.807, 2.05) is 0 Å². The number of nitrogens with zero attached hydrogens (tertiary/aromatic N) is 1. The van der Waals surface area contributed by atoms with Crippen LogP contribution in [0, 0.1) is 0 Å². The van der Waals surface area contributed by atoms with Crippen LogP contribution in [-0.2, 0) is 0 Å². The van der Waals surface area contributed by atoms with Gasteiger partial charge in [0.05, 0.1) is 7.29 Å². The molecule has 1 aliphatic heterocycles. The van der Waals surface area contributed by atoms with Crippen LogP contribution in [-0.4, -0.2) is 38.1 Å². The summed E-state index contributed by atoms with van der Waals surface area (Å²) in [7, 11) is 2.18. The first-order valence-corrected chi connectivity index (χ1v) is 6.19. The maximum Gasteiger partial charge on any atom is 0.0713 e. The van der Waals surface area contributed by atoms with E-state index >= 15 is 0 Å². The summed E-state index contributed by atoms with van der Waals surface area (Å²) in [6.45, 7) is 4.74. The Morgan fingerprint density at radius 2 is 1.64 bits per heavy atom. The van der Waals surface area contributed by atoms with Crippen LogP contribution in [0.2, 0.25) is 0 Å². The van der Waals surface area contributed by atoms with Crippen LogP contribution in [0.3, 0.4) is 0 Å². The van der Waals surface area contributed by atoms with Crippen molar-refractivity contribution in [1.29, 1.82) is 0 Å². The third-order valence-corrected chi connectivity index (χ3v) is 1.34.